The van der Waals surface area contributed by atoms with Crippen molar-refractivity contribution >= 4 is 21.5 Å². The van der Waals surface area contributed by atoms with Crippen molar-refractivity contribution in [1.82, 2.24) is 4.98 Å². The zero-order valence-corrected chi connectivity index (χ0v) is 10.1. The van der Waals surface area contributed by atoms with Gasteiger partial charge in [-0.1, -0.05) is 0 Å². The van der Waals surface area contributed by atoms with Gasteiger partial charge in [0.25, 0.3) is 0 Å². The van der Waals surface area contributed by atoms with Gasteiger partial charge in [0.05, 0.1) is 11.5 Å². The number of hydrogen-bond acceptors (Lipinski definition) is 5. The van der Waals surface area contributed by atoms with E-state index >= 15 is 0 Å². The van der Waals surface area contributed by atoms with Crippen molar-refractivity contribution in [3.63, 3.8) is 0 Å². The van der Waals surface area contributed by atoms with Gasteiger partial charge in [-0.25, -0.2) is 13.4 Å². The van der Waals surface area contributed by atoms with E-state index in [9.17, 15) is 8.42 Å². The van der Waals surface area contributed by atoms with Crippen molar-refractivity contribution in [3.05, 3.63) is 23.9 Å². The summed E-state index contributed by atoms with van der Waals surface area (Å²) in [7, 11) is -2.89. The monoisotopic (exact) mass is 254 g/mol. The summed E-state index contributed by atoms with van der Waals surface area (Å²) in [4.78, 5) is 6.07. The number of anilines is 1. The number of nitrogens with two attached hydrogens (primary N) is 1. The lowest BCUT2D eigenvalue weighted by Gasteiger charge is -2.27. The van der Waals surface area contributed by atoms with Crippen LogP contribution in [0.1, 0.15) is 5.56 Å². The quantitative estimate of drug-likeness (QED) is 0.552. The van der Waals surface area contributed by atoms with Crippen LogP contribution in [0.5, 0.6) is 0 Å². The molecule has 1 saturated heterocycles. The summed E-state index contributed by atoms with van der Waals surface area (Å²) in [5, 5.41) is 7.34. The Labute approximate surface area is 99.9 Å². The van der Waals surface area contributed by atoms with Crippen LogP contribution >= 0.6 is 0 Å². The van der Waals surface area contributed by atoms with Gasteiger partial charge in [0.2, 0.25) is 0 Å². The Kier molecular flexibility index (Phi) is 3.01. The van der Waals surface area contributed by atoms with Crippen LogP contribution in [-0.4, -0.2) is 43.8 Å². The molecule has 0 aliphatic carbocycles. The molecule has 0 saturated carbocycles. The fraction of sp³-hybridized carbons (Fsp3) is 0.400. The third-order valence-electron chi connectivity index (χ3n) is 2.72. The number of nitrogens with one attached hydrogen (secondary N) is 1. The van der Waals surface area contributed by atoms with Gasteiger partial charge in [-0.05, 0) is 12.1 Å². The zero-order valence-electron chi connectivity index (χ0n) is 9.26. The lowest BCUT2D eigenvalue weighted by atomic mass is 10.2. The van der Waals surface area contributed by atoms with Gasteiger partial charge in [0.15, 0.2) is 9.84 Å². The Hall–Kier alpha value is -1.63. The average molecular weight is 254 g/mol. The van der Waals surface area contributed by atoms with Gasteiger partial charge in [-0.2, -0.15) is 0 Å². The minimum Gasteiger partial charge on any atom is -0.384 e. The van der Waals surface area contributed by atoms with Crippen molar-refractivity contribution in [2.75, 3.05) is 29.5 Å². The molecule has 0 aromatic carbocycles. The maximum absolute atomic E-state index is 11.3. The van der Waals surface area contributed by atoms with Crippen molar-refractivity contribution in [3.8, 4) is 0 Å². The Morgan fingerprint density at radius 1 is 1.41 bits per heavy atom. The highest BCUT2D eigenvalue weighted by molar-refractivity contribution is 7.91. The first-order chi connectivity index (χ1) is 7.98. The van der Waals surface area contributed by atoms with Crippen LogP contribution in [-0.2, 0) is 9.84 Å². The summed E-state index contributed by atoms with van der Waals surface area (Å²) in [6.45, 7) is 0.882. The number of aromatic nitrogens is 1. The van der Waals surface area contributed by atoms with Gasteiger partial charge in [-0.15, -0.1) is 0 Å². The lowest BCUT2D eigenvalue weighted by molar-refractivity contribution is 0.586. The van der Waals surface area contributed by atoms with E-state index in [0.717, 1.165) is 0 Å². The predicted molar refractivity (Wildman–Crippen MR) is 66.1 cm³/mol. The zero-order chi connectivity index (χ0) is 12.5. The molecule has 92 valence electrons. The summed E-state index contributed by atoms with van der Waals surface area (Å²) in [6.07, 6.45) is 1.58. The summed E-state index contributed by atoms with van der Waals surface area (Å²) in [6, 6.07) is 3.37. The summed E-state index contributed by atoms with van der Waals surface area (Å²) >= 11 is 0. The molecule has 1 aromatic heterocycles. The number of sulfone groups is 1. The standard InChI is InChI=1S/C10H14N4O2S/c11-10(12)8-1-2-13-9(7-8)14-3-5-17(15,16)6-4-14/h1-2,7H,3-6H2,(H3,11,12). The molecule has 0 radical (unpaired) electrons. The Bertz CT molecular complexity index is 527. The summed E-state index contributed by atoms with van der Waals surface area (Å²) in [5.41, 5.74) is 6.00. The Balaban J connectivity index is 2.18. The van der Waals surface area contributed by atoms with Crippen LogP contribution in [0.15, 0.2) is 18.3 Å². The fourth-order valence-electron chi connectivity index (χ4n) is 1.70. The van der Waals surface area contributed by atoms with Gasteiger partial charge in [-0.3, -0.25) is 5.41 Å². The topological polar surface area (TPSA) is 100 Å². The molecule has 6 nitrogen and oxygen atoms in total. The molecule has 0 unspecified atom stereocenters. The molecule has 1 aliphatic heterocycles. The summed E-state index contributed by atoms with van der Waals surface area (Å²) in [5.74, 6) is 0.962. The van der Waals surface area contributed by atoms with Crippen LogP contribution in [0, 0.1) is 5.41 Å². The van der Waals surface area contributed by atoms with Crippen molar-refractivity contribution < 1.29 is 8.42 Å². The van der Waals surface area contributed by atoms with Crippen LogP contribution in [0.4, 0.5) is 5.82 Å². The molecular weight excluding hydrogens is 240 g/mol. The third-order valence-corrected chi connectivity index (χ3v) is 4.33. The molecule has 0 bridgehead atoms. The SMILES string of the molecule is N=C(N)c1ccnc(N2CCS(=O)(=O)CC2)c1. The van der Waals surface area contributed by atoms with Gasteiger partial charge < -0.3 is 10.6 Å². The van der Waals surface area contributed by atoms with E-state index in [2.05, 4.69) is 4.98 Å². The molecule has 2 rings (SSSR count). The fourth-order valence-corrected chi connectivity index (χ4v) is 2.90. The van der Waals surface area contributed by atoms with E-state index in [-0.39, 0.29) is 17.3 Å². The highest BCUT2D eigenvalue weighted by Gasteiger charge is 2.22. The maximum Gasteiger partial charge on any atom is 0.153 e. The normalized spacial score (nSPS) is 18.9. The number of amidine groups is 1. The number of rotatable bonds is 2. The second-order valence-electron chi connectivity index (χ2n) is 3.96. The van der Waals surface area contributed by atoms with E-state index in [1.165, 1.54) is 0 Å². The number of nitrogens with zero attached hydrogens (tertiary/aromatic N) is 2. The van der Waals surface area contributed by atoms with E-state index in [4.69, 9.17) is 11.1 Å². The number of nitrogen functional groups attached to an aromatic ring is 1. The number of hydrogen-bond donors (Lipinski definition) is 2. The predicted octanol–water partition coefficient (Wildman–Crippen LogP) is -0.400. The van der Waals surface area contributed by atoms with Crippen molar-refractivity contribution in [2.24, 2.45) is 5.73 Å². The third kappa shape index (κ3) is 2.73. The minimum absolute atomic E-state index is 0.0155. The first-order valence-corrected chi connectivity index (χ1v) is 7.06. The average Bonchev–Trinajstić information content (AvgIpc) is 2.29. The molecule has 17 heavy (non-hydrogen) atoms. The van der Waals surface area contributed by atoms with Gasteiger partial charge in [0, 0.05) is 24.8 Å². The Morgan fingerprint density at radius 2 is 2.06 bits per heavy atom. The van der Waals surface area contributed by atoms with Gasteiger partial charge >= 0.3 is 0 Å². The molecule has 0 spiro atoms. The smallest absolute Gasteiger partial charge is 0.153 e. The second kappa shape index (κ2) is 4.33. The molecular formula is C10H14N4O2S. The lowest BCUT2D eigenvalue weighted by Crippen LogP contribution is -2.40. The molecule has 7 heteroatoms. The largest absolute Gasteiger partial charge is 0.384 e. The number of pyridine rings is 1. The highest BCUT2D eigenvalue weighted by Crippen LogP contribution is 2.15. The second-order valence-corrected chi connectivity index (χ2v) is 6.26. The maximum atomic E-state index is 11.3. The van der Waals surface area contributed by atoms with Crippen LogP contribution < -0.4 is 10.6 Å². The van der Waals surface area contributed by atoms with Crippen molar-refractivity contribution in [2.45, 2.75) is 0 Å². The minimum atomic E-state index is -2.89. The molecule has 1 fully saturated rings. The Morgan fingerprint density at radius 3 is 2.65 bits per heavy atom. The highest BCUT2D eigenvalue weighted by atomic mass is 32.2. The molecule has 0 atom stereocenters. The molecule has 2 heterocycles. The first-order valence-electron chi connectivity index (χ1n) is 5.24. The molecule has 3 N–H and O–H groups in total. The summed E-state index contributed by atoms with van der Waals surface area (Å²) < 4.78 is 22.6. The molecule has 0 amide bonds. The van der Waals surface area contributed by atoms with Crippen LogP contribution in [0.2, 0.25) is 0 Å². The van der Waals surface area contributed by atoms with E-state index < -0.39 is 9.84 Å². The van der Waals surface area contributed by atoms with E-state index in [1.54, 1.807) is 18.3 Å². The molecule has 1 aliphatic rings. The van der Waals surface area contributed by atoms with E-state index in [1.807, 2.05) is 4.90 Å². The van der Waals surface area contributed by atoms with Crippen LogP contribution in [0.3, 0.4) is 0 Å². The first kappa shape index (κ1) is 11.8. The van der Waals surface area contributed by atoms with Crippen LogP contribution in [0.25, 0.3) is 0 Å². The van der Waals surface area contributed by atoms with Gasteiger partial charge in [0.1, 0.15) is 11.7 Å². The van der Waals surface area contributed by atoms with E-state index in [0.29, 0.717) is 24.5 Å². The van der Waals surface area contributed by atoms with Crippen molar-refractivity contribution in [1.29, 1.82) is 5.41 Å². The molecule has 1 aromatic rings.